The lowest BCUT2D eigenvalue weighted by atomic mass is 10.1. The Morgan fingerprint density at radius 2 is 1.84 bits per heavy atom. The Morgan fingerprint density at radius 3 is 2.44 bits per heavy atom. The molecule has 2 aromatic rings. The van der Waals surface area contributed by atoms with Crippen molar-refractivity contribution < 1.29 is 24.2 Å². The molecule has 0 radical (unpaired) electrons. The fourth-order valence-electron chi connectivity index (χ4n) is 2.96. The summed E-state index contributed by atoms with van der Waals surface area (Å²) >= 11 is 4.37. The summed E-state index contributed by atoms with van der Waals surface area (Å²) in [6, 6.07) is 11.0. The first-order valence-electron chi connectivity index (χ1n) is 9.29. The molecule has 0 saturated carbocycles. The summed E-state index contributed by atoms with van der Waals surface area (Å²) in [4.78, 5) is 37.1. The number of hydrogen-bond donors (Lipinski definition) is 2. The molecule has 0 aromatic heterocycles. The predicted molar refractivity (Wildman–Crippen MR) is 126 cm³/mol. The molecule has 1 aliphatic heterocycles. The molecule has 0 bridgehead atoms. The van der Waals surface area contributed by atoms with Crippen molar-refractivity contribution in [2.24, 2.45) is 15.9 Å². The minimum atomic E-state index is -1.09. The largest absolute Gasteiger partial charge is 0.496 e. The van der Waals surface area contributed by atoms with E-state index in [0.717, 1.165) is 26.7 Å². The molecule has 1 unspecified atom stereocenters. The standard InChI is InChI=1S/C21H19BrN4O5S/c1-11(13-5-8-16(31-2)15(22)9-13)24-25-21(23)32-17-10-18(27)26(19(17)28)14-6-3-12(4-7-14)20(29)30/h3-9,17H,10H2,1-2H3,(H2,23,25)(H,29,30). The first-order valence-corrected chi connectivity index (χ1v) is 11.0. The number of thioether (sulfide) groups is 1. The molecule has 1 aliphatic rings. The molecule has 0 aliphatic carbocycles. The van der Waals surface area contributed by atoms with E-state index < -0.39 is 23.0 Å². The minimum Gasteiger partial charge on any atom is -0.496 e. The van der Waals surface area contributed by atoms with Gasteiger partial charge in [-0.15, -0.1) is 5.10 Å². The number of carboxylic acid groups (broad SMARTS) is 1. The maximum atomic E-state index is 12.7. The lowest BCUT2D eigenvalue weighted by Crippen LogP contribution is -2.31. The van der Waals surface area contributed by atoms with Gasteiger partial charge in [-0.25, -0.2) is 9.69 Å². The van der Waals surface area contributed by atoms with Crippen LogP contribution in [0.4, 0.5) is 5.69 Å². The smallest absolute Gasteiger partial charge is 0.335 e. The molecule has 2 amide bonds. The van der Waals surface area contributed by atoms with Crippen molar-refractivity contribution in [3.63, 3.8) is 0 Å². The van der Waals surface area contributed by atoms with Gasteiger partial charge in [-0.3, -0.25) is 9.59 Å². The zero-order valence-electron chi connectivity index (χ0n) is 17.1. The molecule has 0 spiro atoms. The number of halogens is 1. The Labute approximate surface area is 196 Å². The van der Waals surface area contributed by atoms with Gasteiger partial charge in [-0.05, 0) is 70.9 Å². The quantitative estimate of drug-likeness (QED) is 0.259. The van der Waals surface area contributed by atoms with Crippen LogP contribution in [0.25, 0.3) is 0 Å². The van der Waals surface area contributed by atoms with E-state index in [4.69, 9.17) is 15.6 Å². The number of carbonyl (C=O) groups excluding carboxylic acids is 2. The molecule has 166 valence electrons. The van der Waals surface area contributed by atoms with Crippen LogP contribution >= 0.6 is 27.7 Å². The third-order valence-corrected chi connectivity index (χ3v) is 6.20. The second-order valence-corrected chi connectivity index (χ2v) is 8.78. The van der Waals surface area contributed by atoms with Crippen molar-refractivity contribution in [2.75, 3.05) is 12.0 Å². The molecule has 11 heteroatoms. The zero-order chi connectivity index (χ0) is 23.4. The number of benzene rings is 2. The van der Waals surface area contributed by atoms with Crippen LogP contribution in [0.15, 0.2) is 57.1 Å². The van der Waals surface area contributed by atoms with Crippen LogP contribution in [-0.2, 0) is 9.59 Å². The highest BCUT2D eigenvalue weighted by molar-refractivity contribution is 9.10. The fraction of sp³-hybridized carbons (Fsp3) is 0.190. The summed E-state index contributed by atoms with van der Waals surface area (Å²) in [6.07, 6.45) is -0.0471. The fourth-order valence-corrected chi connectivity index (χ4v) is 4.32. The van der Waals surface area contributed by atoms with Crippen molar-refractivity contribution in [1.29, 1.82) is 0 Å². The molecule has 1 heterocycles. The molecular weight excluding hydrogens is 500 g/mol. The van der Waals surface area contributed by atoms with E-state index in [9.17, 15) is 14.4 Å². The molecule has 2 aromatic carbocycles. The van der Waals surface area contributed by atoms with E-state index in [1.807, 2.05) is 12.1 Å². The SMILES string of the molecule is COc1ccc(C(C)=NN=C(N)SC2CC(=O)N(c3ccc(C(=O)O)cc3)C2=O)cc1Br. The number of carboxylic acids is 1. The molecular formula is C21H19BrN4O5S. The number of nitrogens with zero attached hydrogens (tertiary/aromatic N) is 3. The van der Waals surface area contributed by atoms with Gasteiger partial charge in [0.1, 0.15) is 11.0 Å². The maximum absolute atomic E-state index is 12.7. The Hall–Kier alpha value is -3.18. The Balaban J connectivity index is 1.70. The molecule has 32 heavy (non-hydrogen) atoms. The van der Waals surface area contributed by atoms with Crippen molar-refractivity contribution in [3.8, 4) is 5.75 Å². The van der Waals surface area contributed by atoms with Crippen molar-refractivity contribution in [2.45, 2.75) is 18.6 Å². The third-order valence-electron chi connectivity index (χ3n) is 4.61. The molecule has 3 N–H and O–H groups in total. The van der Waals surface area contributed by atoms with Gasteiger partial charge in [0, 0.05) is 6.42 Å². The number of ether oxygens (including phenoxy) is 1. The lowest BCUT2D eigenvalue weighted by Gasteiger charge is -2.14. The number of aromatic carboxylic acids is 1. The number of carbonyl (C=O) groups is 3. The normalized spacial score (nSPS) is 17.1. The number of methoxy groups -OCH3 is 1. The van der Waals surface area contributed by atoms with Gasteiger partial charge in [-0.2, -0.15) is 5.10 Å². The van der Waals surface area contributed by atoms with Crippen LogP contribution in [0.1, 0.15) is 29.3 Å². The van der Waals surface area contributed by atoms with E-state index in [0.29, 0.717) is 17.1 Å². The maximum Gasteiger partial charge on any atom is 0.335 e. The van der Waals surface area contributed by atoms with Crippen LogP contribution < -0.4 is 15.4 Å². The zero-order valence-corrected chi connectivity index (χ0v) is 19.5. The molecule has 3 rings (SSSR count). The van der Waals surface area contributed by atoms with Crippen LogP contribution in [0.5, 0.6) is 5.75 Å². The van der Waals surface area contributed by atoms with E-state index >= 15 is 0 Å². The molecule has 1 atom stereocenters. The predicted octanol–water partition coefficient (Wildman–Crippen LogP) is 3.26. The highest BCUT2D eigenvalue weighted by Gasteiger charge is 2.40. The van der Waals surface area contributed by atoms with Crippen molar-refractivity contribution in [3.05, 3.63) is 58.1 Å². The number of rotatable bonds is 6. The molecule has 1 saturated heterocycles. The summed E-state index contributed by atoms with van der Waals surface area (Å²) in [6.45, 7) is 1.77. The van der Waals surface area contributed by atoms with Crippen LogP contribution in [0.3, 0.4) is 0 Å². The first-order chi connectivity index (χ1) is 15.2. The number of amidine groups is 1. The minimum absolute atomic E-state index is 0.0471. The van der Waals surface area contributed by atoms with Gasteiger partial charge in [-0.1, -0.05) is 11.8 Å². The van der Waals surface area contributed by atoms with Gasteiger partial charge in [0.25, 0.3) is 0 Å². The van der Waals surface area contributed by atoms with E-state index in [1.165, 1.54) is 24.3 Å². The van der Waals surface area contributed by atoms with Crippen LogP contribution in [0.2, 0.25) is 0 Å². The Morgan fingerprint density at radius 1 is 1.19 bits per heavy atom. The topological polar surface area (TPSA) is 135 Å². The highest BCUT2D eigenvalue weighted by Crippen LogP contribution is 2.30. The van der Waals surface area contributed by atoms with Crippen molar-refractivity contribution >= 4 is 62.0 Å². The summed E-state index contributed by atoms with van der Waals surface area (Å²) < 4.78 is 5.97. The number of imide groups is 1. The highest BCUT2D eigenvalue weighted by atomic mass is 79.9. The average molecular weight is 519 g/mol. The van der Waals surface area contributed by atoms with E-state index in [-0.39, 0.29) is 17.2 Å². The van der Waals surface area contributed by atoms with Gasteiger partial charge in [0.15, 0.2) is 5.17 Å². The van der Waals surface area contributed by atoms with Crippen LogP contribution in [-0.4, -0.2) is 46.1 Å². The lowest BCUT2D eigenvalue weighted by molar-refractivity contribution is -0.121. The number of anilines is 1. The van der Waals surface area contributed by atoms with E-state index in [1.54, 1.807) is 20.1 Å². The van der Waals surface area contributed by atoms with Gasteiger partial charge < -0.3 is 15.6 Å². The monoisotopic (exact) mass is 518 g/mol. The molecule has 9 nitrogen and oxygen atoms in total. The molecule has 1 fully saturated rings. The number of hydrogen-bond acceptors (Lipinski definition) is 7. The summed E-state index contributed by atoms with van der Waals surface area (Å²) in [5.41, 5.74) is 7.71. The van der Waals surface area contributed by atoms with Crippen molar-refractivity contribution in [1.82, 2.24) is 0 Å². The van der Waals surface area contributed by atoms with Crippen LogP contribution in [0, 0.1) is 0 Å². The van der Waals surface area contributed by atoms with Gasteiger partial charge in [0.2, 0.25) is 11.8 Å². The first kappa shape index (κ1) is 23.5. The Bertz CT molecular complexity index is 1130. The second kappa shape index (κ2) is 9.96. The average Bonchev–Trinajstić information content (AvgIpc) is 3.04. The number of amides is 2. The summed E-state index contributed by atoms with van der Waals surface area (Å²) in [5.74, 6) is -1.25. The number of nitrogens with two attached hydrogens (primary N) is 1. The van der Waals surface area contributed by atoms with E-state index in [2.05, 4.69) is 26.1 Å². The van der Waals surface area contributed by atoms with Gasteiger partial charge >= 0.3 is 5.97 Å². The third kappa shape index (κ3) is 5.17. The van der Waals surface area contributed by atoms with Gasteiger partial charge in [0.05, 0.1) is 28.5 Å². The second-order valence-electron chi connectivity index (χ2n) is 6.70. The summed E-state index contributed by atoms with van der Waals surface area (Å²) in [5, 5.41) is 16.4. The Kier molecular flexibility index (Phi) is 7.31. The summed E-state index contributed by atoms with van der Waals surface area (Å²) in [7, 11) is 1.57.